The molecule has 4 rings (SSSR count). The zero-order valence-electron chi connectivity index (χ0n) is 13.5. The third kappa shape index (κ3) is 4.55. The van der Waals surface area contributed by atoms with E-state index in [-0.39, 0.29) is 30.7 Å². The molecule has 0 radical (unpaired) electrons. The van der Waals surface area contributed by atoms with Crippen molar-refractivity contribution < 1.29 is 4.79 Å². The van der Waals surface area contributed by atoms with E-state index in [2.05, 4.69) is 32.3 Å². The number of rotatable bonds is 3. The maximum Gasteiger partial charge on any atom is 0.228 e. The topological polar surface area (TPSA) is 45.2 Å². The fraction of sp³-hybridized carbons (Fsp3) is 0.412. The van der Waals surface area contributed by atoms with Crippen LogP contribution in [-0.2, 0) is 11.2 Å². The van der Waals surface area contributed by atoms with Gasteiger partial charge in [-0.05, 0) is 24.0 Å². The standard InChI is InChI=1S/C17H18BrN3OS.2ClH/c18-14-3-1-2-11(4-14)17-20-15(10-23-17)5-16(22)21-8-12-6-19-7-13(12)9-21;;/h1-4,10,12-13,19H,5-9H2;2*1H/t12-,13+;;. The molecule has 4 nitrogen and oxygen atoms in total. The van der Waals surface area contributed by atoms with Crippen molar-refractivity contribution in [1.29, 1.82) is 0 Å². The predicted molar refractivity (Wildman–Crippen MR) is 110 cm³/mol. The number of carbonyl (C=O) groups is 1. The third-order valence-corrected chi connectivity index (χ3v) is 6.13. The maximum atomic E-state index is 12.5. The summed E-state index contributed by atoms with van der Waals surface area (Å²) in [5, 5.41) is 6.38. The van der Waals surface area contributed by atoms with Crippen LogP contribution in [0.1, 0.15) is 5.69 Å². The third-order valence-electron chi connectivity index (χ3n) is 4.70. The van der Waals surface area contributed by atoms with Crippen molar-refractivity contribution in [1.82, 2.24) is 15.2 Å². The molecule has 0 aliphatic carbocycles. The number of thiazole rings is 1. The normalized spacial score (nSPS) is 21.4. The summed E-state index contributed by atoms with van der Waals surface area (Å²) in [6.07, 6.45) is 0.414. The highest BCUT2D eigenvalue weighted by Crippen LogP contribution is 2.28. The van der Waals surface area contributed by atoms with Crippen LogP contribution < -0.4 is 5.32 Å². The molecule has 0 spiro atoms. The van der Waals surface area contributed by atoms with E-state index in [1.165, 1.54) is 0 Å². The van der Waals surface area contributed by atoms with Crippen molar-refractivity contribution in [2.75, 3.05) is 26.2 Å². The molecule has 1 N–H and O–H groups in total. The molecule has 136 valence electrons. The number of halogens is 3. The smallest absolute Gasteiger partial charge is 0.228 e. The molecule has 1 aromatic heterocycles. The van der Waals surface area contributed by atoms with Gasteiger partial charge in [0, 0.05) is 41.6 Å². The van der Waals surface area contributed by atoms with Crippen molar-refractivity contribution in [3.05, 3.63) is 39.8 Å². The van der Waals surface area contributed by atoms with E-state index < -0.39 is 0 Å². The van der Waals surface area contributed by atoms with Gasteiger partial charge in [0.2, 0.25) is 5.91 Å². The second kappa shape index (κ2) is 8.82. The maximum absolute atomic E-state index is 12.5. The van der Waals surface area contributed by atoms with E-state index >= 15 is 0 Å². The summed E-state index contributed by atoms with van der Waals surface area (Å²) in [6.45, 7) is 3.91. The molecule has 2 aromatic rings. The van der Waals surface area contributed by atoms with Crippen LogP contribution in [0.15, 0.2) is 34.1 Å². The molecule has 0 saturated carbocycles. The van der Waals surface area contributed by atoms with Crippen molar-refractivity contribution in [2.24, 2.45) is 11.8 Å². The first-order valence-electron chi connectivity index (χ1n) is 7.88. The lowest BCUT2D eigenvalue weighted by molar-refractivity contribution is -0.129. The summed E-state index contributed by atoms with van der Waals surface area (Å²) >= 11 is 5.09. The van der Waals surface area contributed by atoms with Crippen LogP contribution in [0.5, 0.6) is 0 Å². The second-order valence-corrected chi connectivity index (χ2v) is 8.08. The SMILES string of the molecule is Cl.Cl.O=C(Cc1csc(-c2cccc(Br)c2)n1)N1C[C@H]2CNC[C@H]2C1. The Balaban J connectivity index is 0.00000113. The van der Waals surface area contributed by atoms with Crippen LogP contribution in [0.4, 0.5) is 0 Å². The Hall–Kier alpha value is -0.660. The average molecular weight is 465 g/mol. The Morgan fingerprint density at radius 1 is 1.28 bits per heavy atom. The Morgan fingerprint density at radius 3 is 2.68 bits per heavy atom. The lowest BCUT2D eigenvalue weighted by Crippen LogP contribution is -2.33. The minimum atomic E-state index is 0. The van der Waals surface area contributed by atoms with E-state index in [0.29, 0.717) is 18.3 Å². The summed E-state index contributed by atoms with van der Waals surface area (Å²) in [6, 6.07) is 8.10. The first kappa shape index (κ1) is 20.6. The van der Waals surface area contributed by atoms with Gasteiger partial charge in [-0.1, -0.05) is 28.1 Å². The van der Waals surface area contributed by atoms with Crippen molar-refractivity contribution in [3.63, 3.8) is 0 Å². The molecule has 2 aliphatic rings. The first-order valence-corrected chi connectivity index (χ1v) is 9.55. The van der Waals surface area contributed by atoms with Crippen LogP contribution in [0.3, 0.4) is 0 Å². The van der Waals surface area contributed by atoms with Gasteiger partial charge in [-0.2, -0.15) is 0 Å². The number of nitrogens with one attached hydrogen (secondary N) is 1. The molecule has 25 heavy (non-hydrogen) atoms. The van der Waals surface area contributed by atoms with Crippen molar-refractivity contribution >= 4 is 58.0 Å². The van der Waals surface area contributed by atoms with E-state index in [0.717, 1.165) is 46.9 Å². The lowest BCUT2D eigenvalue weighted by atomic mass is 10.0. The predicted octanol–water partition coefficient (Wildman–Crippen LogP) is 3.64. The van der Waals surface area contributed by atoms with E-state index in [1.807, 2.05) is 28.5 Å². The van der Waals surface area contributed by atoms with Gasteiger partial charge in [0.25, 0.3) is 0 Å². The fourth-order valence-corrected chi connectivity index (χ4v) is 4.68. The van der Waals surface area contributed by atoms with Gasteiger partial charge in [-0.25, -0.2) is 4.98 Å². The number of carbonyl (C=O) groups excluding carboxylic acids is 1. The lowest BCUT2D eigenvalue weighted by Gasteiger charge is -2.16. The summed E-state index contributed by atoms with van der Waals surface area (Å²) < 4.78 is 1.04. The molecule has 2 aliphatic heterocycles. The highest BCUT2D eigenvalue weighted by molar-refractivity contribution is 9.10. The summed E-state index contributed by atoms with van der Waals surface area (Å²) in [7, 11) is 0. The molecule has 8 heteroatoms. The van der Waals surface area contributed by atoms with E-state index in [1.54, 1.807) is 11.3 Å². The molecular weight excluding hydrogens is 445 g/mol. The van der Waals surface area contributed by atoms with Gasteiger partial charge in [0.05, 0.1) is 12.1 Å². The number of hydrogen-bond acceptors (Lipinski definition) is 4. The average Bonchev–Trinajstić information content (AvgIpc) is 3.22. The number of nitrogens with zero attached hydrogens (tertiary/aromatic N) is 2. The molecule has 2 atom stereocenters. The minimum Gasteiger partial charge on any atom is -0.342 e. The van der Waals surface area contributed by atoms with Gasteiger partial charge in [0.1, 0.15) is 5.01 Å². The summed E-state index contributed by atoms with van der Waals surface area (Å²) in [5.74, 6) is 1.50. The van der Waals surface area contributed by atoms with Crippen LogP contribution in [0.2, 0.25) is 0 Å². The highest BCUT2D eigenvalue weighted by atomic mass is 79.9. The zero-order chi connectivity index (χ0) is 15.8. The van der Waals surface area contributed by atoms with Crippen molar-refractivity contribution in [2.45, 2.75) is 6.42 Å². The number of benzene rings is 1. The highest BCUT2D eigenvalue weighted by Gasteiger charge is 2.37. The van der Waals surface area contributed by atoms with Gasteiger partial charge >= 0.3 is 0 Å². The quantitative estimate of drug-likeness (QED) is 0.754. The molecule has 0 bridgehead atoms. The summed E-state index contributed by atoms with van der Waals surface area (Å²) in [4.78, 5) is 19.2. The van der Waals surface area contributed by atoms with Gasteiger partial charge < -0.3 is 10.2 Å². The minimum absolute atomic E-state index is 0. The molecule has 2 saturated heterocycles. The van der Waals surface area contributed by atoms with Crippen LogP contribution in [0.25, 0.3) is 10.6 Å². The van der Waals surface area contributed by atoms with Crippen LogP contribution in [0, 0.1) is 11.8 Å². The molecular formula is C17H20BrCl2N3OS. The Kier molecular flexibility index (Phi) is 7.29. The number of fused-ring (bicyclic) bond motifs is 1. The first-order chi connectivity index (χ1) is 11.2. The monoisotopic (exact) mass is 463 g/mol. The van der Waals surface area contributed by atoms with Crippen LogP contribution in [-0.4, -0.2) is 42.0 Å². The summed E-state index contributed by atoms with van der Waals surface area (Å²) in [5.41, 5.74) is 1.97. The Labute approximate surface area is 172 Å². The number of likely N-dealkylation sites (tertiary alicyclic amines) is 1. The molecule has 1 amide bonds. The molecule has 0 unspecified atom stereocenters. The van der Waals surface area contributed by atoms with Gasteiger partial charge in [-0.3, -0.25) is 4.79 Å². The van der Waals surface area contributed by atoms with E-state index in [4.69, 9.17) is 0 Å². The van der Waals surface area contributed by atoms with Gasteiger partial charge in [0.15, 0.2) is 0 Å². The second-order valence-electron chi connectivity index (χ2n) is 6.31. The molecule has 3 heterocycles. The number of aromatic nitrogens is 1. The van der Waals surface area contributed by atoms with E-state index in [9.17, 15) is 4.79 Å². The van der Waals surface area contributed by atoms with Crippen molar-refractivity contribution in [3.8, 4) is 10.6 Å². The fourth-order valence-electron chi connectivity index (χ4n) is 3.47. The number of amides is 1. The molecule has 1 aromatic carbocycles. The largest absolute Gasteiger partial charge is 0.342 e. The number of hydrogen-bond donors (Lipinski definition) is 1. The zero-order valence-corrected chi connectivity index (χ0v) is 17.5. The van der Waals surface area contributed by atoms with Crippen LogP contribution >= 0.6 is 52.1 Å². The Bertz CT molecular complexity index is 730. The van der Waals surface area contributed by atoms with Gasteiger partial charge in [-0.15, -0.1) is 36.2 Å². The molecule has 2 fully saturated rings. The Morgan fingerprint density at radius 2 is 2.00 bits per heavy atom.